The average molecular weight is 403 g/mol. The summed E-state index contributed by atoms with van der Waals surface area (Å²) in [6.07, 6.45) is 2.43. The van der Waals surface area contributed by atoms with Crippen LogP contribution in [0.15, 0.2) is 28.6 Å². The molecule has 10 heteroatoms. The molecule has 1 saturated heterocycles. The molecule has 8 nitrogen and oxygen atoms in total. The smallest absolute Gasteiger partial charge is 0.321 e. The lowest BCUT2D eigenvalue weighted by molar-refractivity contribution is -0.122. The number of hydrogen-bond donors (Lipinski definition) is 3. The van der Waals surface area contributed by atoms with Crippen molar-refractivity contribution in [3.8, 4) is 6.07 Å². The lowest BCUT2D eigenvalue weighted by Crippen LogP contribution is -2.46. The SMILES string of the molecule is N#Cc1ccc(CSc2nnc(NC(=O)N[C@H]3CCCCNC3=O)s2)cc1. The predicted molar refractivity (Wildman–Crippen MR) is 103 cm³/mol. The number of anilines is 1. The molecule has 140 valence electrons. The second-order valence-corrected chi connectivity index (χ2v) is 8.11. The van der Waals surface area contributed by atoms with E-state index in [1.54, 1.807) is 12.1 Å². The van der Waals surface area contributed by atoms with Crippen molar-refractivity contribution < 1.29 is 9.59 Å². The lowest BCUT2D eigenvalue weighted by Gasteiger charge is -2.14. The van der Waals surface area contributed by atoms with E-state index in [0.717, 1.165) is 22.7 Å². The van der Waals surface area contributed by atoms with Crippen LogP contribution in [0.2, 0.25) is 0 Å². The van der Waals surface area contributed by atoms with Gasteiger partial charge in [-0.15, -0.1) is 10.2 Å². The maximum Gasteiger partial charge on any atom is 0.321 e. The fourth-order valence-corrected chi connectivity index (χ4v) is 4.21. The van der Waals surface area contributed by atoms with E-state index < -0.39 is 12.1 Å². The van der Waals surface area contributed by atoms with Crippen molar-refractivity contribution in [3.63, 3.8) is 0 Å². The summed E-state index contributed by atoms with van der Waals surface area (Å²) in [5.74, 6) is 0.535. The minimum Gasteiger partial charge on any atom is -0.354 e. The van der Waals surface area contributed by atoms with Crippen molar-refractivity contribution in [2.75, 3.05) is 11.9 Å². The highest BCUT2D eigenvalue weighted by Crippen LogP contribution is 2.28. The van der Waals surface area contributed by atoms with Gasteiger partial charge < -0.3 is 10.6 Å². The second-order valence-electron chi connectivity index (χ2n) is 5.91. The summed E-state index contributed by atoms with van der Waals surface area (Å²) in [6.45, 7) is 0.648. The third kappa shape index (κ3) is 5.67. The van der Waals surface area contributed by atoms with Crippen molar-refractivity contribution in [1.82, 2.24) is 20.8 Å². The molecule has 0 radical (unpaired) electrons. The Morgan fingerprint density at radius 2 is 2.15 bits per heavy atom. The number of hydrogen-bond acceptors (Lipinski definition) is 7. The standard InChI is InChI=1S/C17H18N6O2S2/c18-9-11-4-6-12(7-5-11)10-26-17-23-22-16(27-17)21-15(25)20-13-3-1-2-8-19-14(13)24/h4-7,13H,1-3,8,10H2,(H,19,24)(H2,20,21,22,25)/t13-/m0/s1. The Morgan fingerprint density at radius 3 is 2.93 bits per heavy atom. The fourth-order valence-electron chi connectivity index (χ4n) is 2.51. The molecule has 3 amide bonds. The third-order valence-corrected chi connectivity index (χ3v) is 5.96. The van der Waals surface area contributed by atoms with E-state index in [4.69, 9.17) is 5.26 Å². The molecular weight excluding hydrogens is 384 g/mol. The van der Waals surface area contributed by atoms with E-state index in [1.165, 1.54) is 23.1 Å². The number of carbonyl (C=O) groups excluding carboxylic acids is 2. The molecule has 1 atom stereocenters. The van der Waals surface area contributed by atoms with Crippen LogP contribution >= 0.6 is 23.1 Å². The zero-order valence-electron chi connectivity index (χ0n) is 14.4. The predicted octanol–water partition coefficient (Wildman–Crippen LogP) is 2.49. The molecular formula is C17H18N6O2S2. The second kappa shape index (κ2) is 9.34. The van der Waals surface area contributed by atoms with Crippen molar-refractivity contribution >= 4 is 40.2 Å². The number of urea groups is 1. The molecule has 1 aliphatic rings. The largest absolute Gasteiger partial charge is 0.354 e. The van der Waals surface area contributed by atoms with Crippen LogP contribution in [0.1, 0.15) is 30.4 Å². The van der Waals surface area contributed by atoms with E-state index in [-0.39, 0.29) is 5.91 Å². The maximum atomic E-state index is 12.1. The summed E-state index contributed by atoms with van der Waals surface area (Å²) in [6, 6.07) is 8.45. The molecule has 1 aromatic heterocycles. The molecule has 1 aromatic carbocycles. The number of thioether (sulfide) groups is 1. The van der Waals surface area contributed by atoms with Gasteiger partial charge in [-0.3, -0.25) is 10.1 Å². The number of nitriles is 1. The molecule has 0 unspecified atom stereocenters. The van der Waals surface area contributed by atoms with Gasteiger partial charge in [0.25, 0.3) is 0 Å². The van der Waals surface area contributed by atoms with Gasteiger partial charge in [-0.2, -0.15) is 5.26 Å². The normalized spacial score (nSPS) is 16.7. The molecule has 3 rings (SSSR count). The van der Waals surface area contributed by atoms with Gasteiger partial charge in [0, 0.05) is 12.3 Å². The first-order chi connectivity index (χ1) is 13.1. The van der Waals surface area contributed by atoms with Crippen LogP contribution in [0.5, 0.6) is 0 Å². The maximum absolute atomic E-state index is 12.1. The minimum absolute atomic E-state index is 0.154. The van der Waals surface area contributed by atoms with Crippen LogP contribution in [-0.4, -0.2) is 34.7 Å². The van der Waals surface area contributed by atoms with Crippen LogP contribution in [0.4, 0.5) is 9.93 Å². The van der Waals surface area contributed by atoms with Gasteiger partial charge in [-0.25, -0.2) is 4.79 Å². The molecule has 0 spiro atoms. The summed E-state index contributed by atoms with van der Waals surface area (Å²) in [4.78, 5) is 24.0. The Labute approximate surface area is 164 Å². The van der Waals surface area contributed by atoms with Crippen molar-refractivity contribution in [1.29, 1.82) is 5.26 Å². The van der Waals surface area contributed by atoms with E-state index in [9.17, 15) is 9.59 Å². The van der Waals surface area contributed by atoms with Gasteiger partial charge in [0.05, 0.1) is 11.6 Å². The number of carbonyl (C=O) groups is 2. The van der Waals surface area contributed by atoms with Gasteiger partial charge in [0.2, 0.25) is 11.0 Å². The Hall–Kier alpha value is -2.64. The first-order valence-corrected chi connectivity index (χ1v) is 10.2. The van der Waals surface area contributed by atoms with Gasteiger partial charge in [-0.1, -0.05) is 35.2 Å². The molecule has 0 saturated carbocycles. The third-order valence-electron chi connectivity index (χ3n) is 3.91. The molecule has 3 N–H and O–H groups in total. The van der Waals surface area contributed by atoms with Gasteiger partial charge >= 0.3 is 6.03 Å². The van der Waals surface area contributed by atoms with E-state index in [2.05, 4.69) is 32.2 Å². The molecule has 2 heterocycles. The van der Waals surface area contributed by atoms with Crippen molar-refractivity contribution in [3.05, 3.63) is 35.4 Å². The number of amides is 3. The zero-order valence-corrected chi connectivity index (χ0v) is 16.0. The van der Waals surface area contributed by atoms with E-state index in [1.807, 2.05) is 12.1 Å². The molecule has 1 aliphatic heterocycles. The zero-order chi connectivity index (χ0) is 19.1. The van der Waals surface area contributed by atoms with Gasteiger partial charge in [-0.05, 0) is 37.0 Å². The van der Waals surface area contributed by atoms with Crippen LogP contribution in [-0.2, 0) is 10.5 Å². The minimum atomic E-state index is -0.523. The first kappa shape index (κ1) is 19.1. The Bertz CT molecular complexity index is 846. The van der Waals surface area contributed by atoms with Crippen molar-refractivity contribution in [2.24, 2.45) is 0 Å². The quantitative estimate of drug-likeness (QED) is 0.522. The van der Waals surface area contributed by atoms with Crippen LogP contribution < -0.4 is 16.0 Å². The number of nitrogens with one attached hydrogen (secondary N) is 3. The monoisotopic (exact) mass is 402 g/mol. The van der Waals surface area contributed by atoms with Crippen LogP contribution in [0.3, 0.4) is 0 Å². The molecule has 2 aromatic rings. The lowest BCUT2D eigenvalue weighted by atomic mass is 10.1. The topological polar surface area (TPSA) is 120 Å². The number of nitrogens with zero attached hydrogens (tertiary/aromatic N) is 3. The average Bonchev–Trinajstić information content (AvgIpc) is 3.02. The Kier molecular flexibility index (Phi) is 6.62. The summed E-state index contributed by atoms with van der Waals surface area (Å²) in [5, 5.41) is 25.3. The van der Waals surface area contributed by atoms with Gasteiger partial charge in [0.1, 0.15) is 6.04 Å². The fraction of sp³-hybridized carbons (Fsp3) is 0.353. The molecule has 0 aliphatic carbocycles. The highest BCUT2D eigenvalue weighted by molar-refractivity contribution is 8.00. The first-order valence-electron chi connectivity index (χ1n) is 8.44. The molecule has 1 fully saturated rings. The number of rotatable bonds is 5. The van der Waals surface area contributed by atoms with Crippen LogP contribution in [0, 0.1) is 11.3 Å². The van der Waals surface area contributed by atoms with E-state index >= 15 is 0 Å². The van der Waals surface area contributed by atoms with Gasteiger partial charge in [0.15, 0.2) is 4.34 Å². The summed E-state index contributed by atoms with van der Waals surface area (Å²) >= 11 is 2.77. The molecule has 0 bridgehead atoms. The highest BCUT2D eigenvalue weighted by atomic mass is 32.2. The highest BCUT2D eigenvalue weighted by Gasteiger charge is 2.22. The summed E-state index contributed by atoms with van der Waals surface area (Å²) in [7, 11) is 0. The number of aromatic nitrogens is 2. The van der Waals surface area contributed by atoms with Crippen LogP contribution in [0.25, 0.3) is 0 Å². The number of benzene rings is 1. The van der Waals surface area contributed by atoms with Crippen molar-refractivity contribution in [2.45, 2.75) is 35.4 Å². The summed E-state index contributed by atoms with van der Waals surface area (Å²) < 4.78 is 0.724. The Balaban J connectivity index is 1.48. The van der Waals surface area contributed by atoms with E-state index in [0.29, 0.717) is 29.4 Å². The molecule has 27 heavy (non-hydrogen) atoms. The summed E-state index contributed by atoms with van der Waals surface area (Å²) in [5.41, 5.74) is 1.69. The Morgan fingerprint density at radius 1 is 1.33 bits per heavy atom.